The molecule has 148 valence electrons. The van der Waals surface area contributed by atoms with Gasteiger partial charge in [0.05, 0.1) is 12.2 Å². The van der Waals surface area contributed by atoms with Gasteiger partial charge in [-0.25, -0.2) is 0 Å². The van der Waals surface area contributed by atoms with Gasteiger partial charge in [0.25, 0.3) is 0 Å². The second kappa shape index (κ2) is 10.4. The average molecular weight is 343 g/mol. The molecule has 0 aliphatic heterocycles. The third kappa shape index (κ3) is 16.3. The molecular formula is C23H50O. The Bertz CT molecular complexity index is 343. The van der Waals surface area contributed by atoms with Crippen molar-refractivity contribution in [3.05, 3.63) is 24.3 Å². The highest BCUT2D eigenvalue weighted by molar-refractivity contribution is 5.13. The van der Waals surface area contributed by atoms with Crippen molar-refractivity contribution in [1.29, 1.82) is 0 Å². The minimum Gasteiger partial charge on any atom is -0.372 e. The second-order valence-corrected chi connectivity index (χ2v) is 10.2. The molecule has 0 aromatic rings. The van der Waals surface area contributed by atoms with Crippen LogP contribution in [0, 0.1) is 16.2 Å². The topological polar surface area (TPSA) is 9.23 Å². The lowest BCUT2D eigenvalue weighted by atomic mass is 9.73. The van der Waals surface area contributed by atoms with Crippen LogP contribution in [0.3, 0.4) is 0 Å². The summed E-state index contributed by atoms with van der Waals surface area (Å²) in [5, 5.41) is 0. The van der Waals surface area contributed by atoms with E-state index in [9.17, 15) is 0 Å². The van der Waals surface area contributed by atoms with Gasteiger partial charge in [-0.15, -0.1) is 0 Å². The van der Waals surface area contributed by atoms with E-state index in [-0.39, 0.29) is 36.7 Å². The summed E-state index contributed by atoms with van der Waals surface area (Å²) in [7, 11) is 0. The third-order valence-electron chi connectivity index (χ3n) is 3.55. The maximum Gasteiger partial charge on any atom is 0.0686 e. The Hall–Kier alpha value is -0.560. The maximum atomic E-state index is 5.62. The lowest BCUT2D eigenvalue weighted by Gasteiger charge is -2.32. The van der Waals surface area contributed by atoms with E-state index in [1.54, 1.807) is 0 Å². The molecule has 0 amide bonds. The summed E-state index contributed by atoms with van der Waals surface area (Å²) in [5.74, 6) is 0. The van der Waals surface area contributed by atoms with Crippen LogP contribution in [0.4, 0.5) is 0 Å². The molecule has 0 aromatic carbocycles. The molecule has 0 spiro atoms. The summed E-state index contributed by atoms with van der Waals surface area (Å²) < 4.78 is 5.62. The minimum absolute atomic E-state index is 0. The zero-order valence-corrected chi connectivity index (χ0v) is 17.5. The van der Waals surface area contributed by atoms with Gasteiger partial charge in [-0.05, 0) is 42.6 Å². The van der Waals surface area contributed by atoms with Crippen LogP contribution in [0.25, 0.3) is 0 Å². The Morgan fingerprint density at radius 2 is 0.917 bits per heavy atom. The summed E-state index contributed by atoms with van der Waals surface area (Å²) >= 11 is 0. The number of hydrogen-bond acceptors (Lipinski definition) is 1. The molecule has 0 heterocycles. The van der Waals surface area contributed by atoms with E-state index in [1.807, 2.05) is 0 Å². The van der Waals surface area contributed by atoms with Crippen LogP contribution in [0.1, 0.15) is 97.9 Å². The molecule has 0 saturated heterocycles. The summed E-state index contributed by atoms with van der Waals surface area (Å²) in [4.78, 5) is 0. The van der Waals surface area contributed by atoms with Gasteiger partial charge in [0, 0.05) is 0 Å². The van der Waals surface area contributed by atoms with Gasteiger partial charge in [-0.3, -0.25) is 0 Å². The molecule has 24 heavy (non-hydrogen) atoms. The number of ether oxygens (including phenoxy) is 1. The summed E-state index contributed by atoms with van der Waals surface area (Å²) in [5.41, 5.74) is 3.06. The van der Waals surface area contributed by atoms with Crippen molar-refractivity contribution >= 4 is 0 Å². The fraction of sp³-hybridized carbons (Fsp3) is 0.826. The molecule has 0 rings (SSSR count). The van der Waals surface area contributed by atoms with Gasteiger partial charge in [0.1, 0.15) is 0 Å². The molecule has 0 radical (unpaired) electrons. The van der Waals surface area contributed by atoms with Crippen LogP contribution in [0.15, 0.2) is 24.3 Å². The van der Waals surface area contributed by atoms with Crippen LogP contribution < -0.4 is 0 Å². The van der Waals surface area contributed by atoms with Crippen LogP contribution in [-0.2, 0) is 4.74 Å². The van der Waals surface area contributed by atoms with Crippen molar-refractivity contribution in [3.8, 4) is 0 Å². The lowest BCUT2D eigenvalue weighted by molar-refractivity contribution is 0.00613. The van der Waals surface area contributed by atoms with Crippen molar-refractivity contribution in [2.24, 2.45) is 16.2 Å². The SMILES string of the molecule is C.C.C=C(C(C)(C)C)C(C)(C)C.C=C(COC(C)(C)C)C(C)(C)C. The molecule has 0 aliphatic carbocycles. The van der Waals surface area contributed by atoms with E-state index < -0.39 is 0 Å². The molecule has 0 aromatic heterocycles. The van der Waals surface area contributed by atoms with E-state index in [0.29, 0.717) is 6.61 Å². The third-order valence-corrected chi connectivity index (χ3v) is 3.55. The zero-order valence-electron chi connectivity index (χ0n) is 17.5. The standard InChI is InChI=1S/C11H22O.C10H20.2CH4/c1-9(10(2,3)4)8-12-11(5,6)7;1-8(9(2,3)4)10(5,6)7;;/h1,8H2,2-7H3;1H2,2-7H3;2*1H4. The largest absolute Gasteiger partial charge is 0.372 e. The van der Waals surface area contributed by atoms with Crippen molar-refractivity contribution in [1.82, 2.24) is 0 Å². The van der Waals surface area contributed by atoms with E-state index in [4.69, 9.17) is 4.74 Å². The van der Waals surface area contributed by atoms with E-state index in [2.05, 4.69) is 96.2 Å². The predicted molar refractivity (Wildman–Crippen MR) is 116 cm³/mol. The van der Waals surface area contributed by atoms with Crippen molar-refractivity contribution < 1.29 is 4.74 Å². The smallest absolute Gasteiger partial charge is 0.0686 e. The van der Waals surface area contributed by atoms with Crippen molar-refractivity contribution in [3.63, 3.8) is 0 Å². The first-order valence-electron chi connectivity index (χ1n) is 8.30. The highest BCUT2D eigenvalue weighted by atomic mass is 16.5. The van der Waals surface area contributed by atoms with Crippen LogP contribution in [0.2, 0.25) is 0 Å². The Morgan fingerprint density at radius 3 is 1.04 bits per heavy atom. The first-order chi connectivity index (χ1) is 9.28. The molecule has 0 unspecified atom stereocenters. The fourth-order valence-electron chi connectivity index (χ4n) is 1.65. The van der Waals surface area contributed by atoms with Gasteiger partial charge in [0.2, 0.25) is 0 Å². The number of hydrogen-bond donors (Lipinski definition) is 0. The predicted octanol–water partition coefficient (Wildman–Crippen LogP) is 8.31. The van der Waals surface area contributed by atoms with Crippen LogP contribution >= 0.6 is 0 Å². The molecule has 0 saturated carbocycles. The molecule has 0 bridgehead atoms. The Morgan fingerprint density at radius 1 is 0.625 bits per heavy atom. The Kier molecular flexibility index (Phi) is 13.6. The summed E-state index contributed by atoms with van der Waals surface area (Å²) in [6.07, 6.45) is 0. The van der Waals surface area contributed by atoms with E-state index in [0.717, 1.165) is 5.57 Å². The monoisotopic (exact) mass is 342 g/mol. The zero-order chi connectivity index (χ0) is 18.6. The maximum absolute atomic E-state index is 5.62. The molecule has 0 atom stereocenters. The molecule has 0 N–H and O–H groups in total. The molecule has 0 aliphatic rings. The van der Waals surface area contributed by atoms with E-state index >= 15 is 0 Å². The van der Waals surface area contributed by atoms with Gasteiger partial charge in [0.15, 0.2) is 0 Å². The Balaban J connectivity index is -0.000000156. The molecule has 0 fully saturated rings. The molecule has 1 nitrogen and oxygen atoms in total. The van der Waals surface area contributed by atoms with Gasteiger partial charge >= 0.3 is 0 Å². The first-order valence-corrected chi connectivity index (χ1v) is 8.30. The quantitative estimate of drug-likeness (QED) is 0.458. The van der Waals surface area contributed by atoms with Crippen LogP contribution in [-0.4, -0.2) is 12.2 Å². The Labute approximate surface area is 156 Å². The molecular weight excluding hydrogens is 292 g/mol. The van der Waals surface area contributed by atoms with Crippen molar-refractivity contribution in [2.75, 3.05) is 6.61 Å². The van der Waals surface area contributed by atoms with E-state index in [1.165, 1.54) is 5.57 Å². The second-order valence-electron chi connectivity index (χ2n) is 10.2. The number of rotatable bonds is 2. The molecule has 1 heteroatoms. The lowest BCUT2D eigenvalue weighted by Crippen LogP contribution is -2.23. The average Bonchev–Trinajstić information content (AvgIpc) is 2.20. The van der Waals surface area contributed by atoms with Crippen LogP contribution in [0.5, 0.6) is 0 Å². The highest BCUT2D eigenvalue weighted by Crippen LogP contribution is 2.37. The van der Waals surface area contributed by atoms with Gasteiger partial charge < -0.3 is 4.74 Å². The highest BCUT2D eigenvalue weighted by Gasteiger charge is 2.25. The minimum atomic E-state index is -0.0613. The summed E-state index contributed by atoms with van der Waals surface area (Å²) in [6, 6.07) is 0. The van der Waals surface area contributed by atoms with Gasteiger partial charge in [-0.1, -0.05) is 95.9 Å². The fourth-order valence-corrected chi connectivity index (χ4v) is 1.65. The first kappa shape index (κ1) is 31.2. The van der Waals surface area contributed by atoms with Gasteiger partial charge in [-0.2, -0.15) is 0 Å². The normalized spacial score (nSPS) is 12.2. The van der Waals surface area contributed by atoms with Crippen molar-refractivity contribution in [2.45, 2.75) is 104 Å². The summed E-state index contributed by atoms with van der Waals surface area (Å²) in [6.45, 7) is 34.7. The number of allylic oxidation sites excluding steroid dienone is 1.